The van der Waals surface area contributed by atoms with E-state index in [0.717, 1.165) is 5.92 Å². The van der Waals surface area contributed by atoms with Crippen LogP contribution in [0.25, 0.3) is 11.6 Å². The van der Waals surface area contributed by atoms with Crippen LogP contribution in [0.15, 0.2) is 60.2 Å². The van der Waals surface area contributed by atoms with Crippen LogP contribution in [-0.2, 0) is 24.7 Å². The van der Waals surface area contributed by atoms with E-state index in [4.69, 9.17) is 0 Å². The molecule has 0 aromatic heterocycles. The summed E-state index contributed by atoms with van der Waals surface area (Å²) >= 11 is 1.74. The van der Waals surface area contributed by atoms with Crippen LogP contribution >= 0.6 is 0 Å². The summed E-state index contributed by atoms with van der Waals surface area (Å²) in [5.41, 5.74) is 9.67. The van der Waals surface area contributed by atoms with E-state index in [0.29, 0.717) is 9.04 Å². The minimum absolute atomic E-state index is 0. The molecule has 3 unspecified atom stereocenters. The molecule has 0 nitrogen and oxygen atoms in total. The third kappa shape index (κ3) is 4.33. The van der Waals surface area contributed by atoms with Gasteiger partial charge in [-0.25, -0.2) is 0 Å². The van der Waals surface area contributed by atoms with Crippen molar-refractivity contribution in [1.82, 2.24) is 0 Å². The molecule has 0 N–H and O–H groups in total. The van der Waals surface area contributed by atoms with Crippen LogP contribution in [0.4, 0.5) is 0 Å². The van der Waals surface area contributed by atoms with Crippen molar-refractivity contribution in [3.63, 3.8) is 0 Å². The minimum atomic E-state index is 0. The molecule has 5 rings (SSSR count). The molecule has 30 heavy (non-hydrogen) atoms. The third-order valence-electron chi connectivity index (χ3n) is 7.54. The van der Waals surface area contributed by atoms with Gasteiger partial charge in [-0.1, -0.05) is 0 Å². The summed E-state index contributed by atoms with van der Waals surface area (Å²) in [7, 11) is 0. The minimum Gasteiger partial charge on any atom is -1.00 e. The van der Waals surface area contributed by atoms with Crippen molar-refractivity contribution in [3.05, 3.63) is 82.4 Å². The molecule has 3 heteroatoms. The Bertz CT molecular complexity index is 961. The van der Waals surface area contributed by atoms with E-state index in [2.05, 4.69) is 67.6 Å². The molecule has 0 spiro atoms. The predicted octanol–water partition coefficient (Wildman–Crippen LogP) is 1.83. The van der Waals surface area contributed by atoms with Crippen molar-refractivity contribution < 1.29 is 49.5 Å². The summed E-state index contributed by atoms with van der Waals surface area (Å²) in [5.74, 6) is 1.36. The van der Waals surface area contributed by atoms with Crippen LogP contribution in [-0.4, -0.2) is 0 Å². The zero-order valence-electron chi connectivity index (χ0n) is 17.6. The number of hydrogen-bond donors (Lipinski definition) is 0. The van der Waals surface area contributed by atoms with Gasteiger partial charge in [0.1, 0.15) is 0 Å². The van der Waals surface area contributed by atoms with E-state index >= 15 is 0 Å². The molecule has 0 saturated heterocycles. The van der Waals surface area contributed by atoms with E-state index in [1.807, 2.05) is 0 Å². The van der Waals surface area contributed by atoms with Crippen LogP contribution in [0.1, 0.15) is 86.0 Å². The van der Waals surface area contributed by atoms with Crippen LogP contribution in [0.2, 0.25) is 3.12 Å². The maximum absolute atomic E-state index is 2.44. The molecule has 0 radical (unpaired) electrons. The number of benzene rings is 2. The molecule has 0 heterocycles. The molecule has 2 aromatic carbocycles. The van der Waals surface area contributed by atoms with Gasteiger partial charge in [-0.05, 0) is 0 Å². The van der Waals surface area contributed by atoms with Gasteiger partial charge in [-0.3, -0.25) is 0 Å². The summed E-state index contributed by atoms with van der Waals surface area (Å²) in [6, 6.07) is 18.2. The first-order valence-corrected chi connectivity index (χ1v) is 12.2. The average molecular weight is 516 g/mol. The zero-order valence-corrected chi connectivity index (χ0v) is 21.6. The first-order chi connectivity index (χ1) is 13.7. The monoisotopic (exact) mass is 513 g/mol. The molecule has 0 amide bonds. The van der Waals surface area contributed by atoms with E-state index in [1.54, 1.807) is 52.6 Å². The molecule has 0 bridgehead atoms. The Morgan fingerprint density at radius 3 is 2.33 bits per heavy atom. The van der Waals surface area contributed by atoms with E-state index in [1.165, 1.54) is 50.5 Å². The van der Waals surface area contributed by atoms with Gasteiger partial charge in [-0.2, -0.15) is 0 Å². The Morgan fingerprint density at radius 2 is 1.60 bits per heavy atom. The largest absolute Gasteiger partial charge is 1.00 e. The van der Waals surface area contributed by atoms with Gasteiger partial charge in [0.05, 0.1) is 0 Å². The first-order valence-electron chi connectivity index (χ1n) is 11.0. The average Bonchev–Trinajstić information content (AvgIpc) is 3.21. The molecule has 3 aliphatic carbocycles. The van der Waals surface area contributed by atoms with Gasteiger partial charge in [0.15, 0.2) is 0 Å². The van der Waals surface area contributed by atoms with Gasteiger partial charge in [0.2, 0.25) is 0 Å². The Kier molecular flexibility index (Phi) is 7.93. The van der Waals surface area contributed by atoms with Crippen molar-refractivity contribution in [1.29, 1.82) is 0 Å². The van der Waals surface area contributed by atoms with Gasteiger partial charge in [0, 0.05) is 0 Å². The summed E-state index contributed by atoms with van der Waals surface area (Å²) in [4.78, 5) is 0. The van der Waals surface area contributed by atoms with E-state index in [9.17, 15) is 0 Å². The molecule has 0 fully saturated rings. The number of allylic oxidation sites excluding steroid dienone is 3. The first kappa shape index (κ1) is 24.0. The number of halogens is 2. The summed E-state index contributed by atoms with van der Waals surface area (Å²) in [6.07, 6.45) is 14.2. The molecule has 3 atom stereocenters. The Labute approximate surface area is 209 Å². The maximum atomic E-state index is 2.44. The second kappa shape index (κ2) is 9.89. The summed E-state index contributed by atoms with van der Waals surface area (Å²) < 4.78 is 0.542. The number of rotatable bonds is 7. The second-order valence-corrected chi connectivity index (χ2v) is 11.6. The normalized spacial score (nSPS) is 22.2. The molecule has 155 valence electrons. The topological polar surface area (TPSA) is 0 Å². The van der Waals surface area contributed by atoms with Crippen molar-refractivity contribution in [2.45, 2.75) is 66.8 Å². The van der Waals surface area contributed by atoms with E-state index < -0.39 is 0 Å². The fourth-order valence-corrected chi connectivity index (χ4v) is 6.30. The Hall–Kier alpha value is -0.617. The SMILES string of the molecule is CC[C]([Zr+2])(CCC1C=Cc2ccccc21)CCC1C2=C(CC2)c2ccccc21.[Cl-].[Cl-]. The Balaban J connectivity index is 0.00000128. The van der Waals surface area contributed by atoms with Crippen LogP contribution in [0, 0.1) is 0 Å². The van der Waals surface area contributed by atoms with Crippen LogP contribution < -0.4 is 24.8 Å². The smallest absolute Gasteiger partial charge is 1.00 e. The van der Waals surface area contributed by atoms with Gasteiger partial charge in [-0.15, -0.1) is 0 Å². The van der Waals surface area contributed by atoms with Crippen LogP contribution in [0.5, 0.6) is 0 Å². The predicted molar refractivity (Wildman–Crippen MR) is 115 cm³/mol. The van der Waals surface area contributed by atoms with Gasteiger partial charge in [0.25, 0.3) is 0 Å². The van der Waals surface area contributed by atoms with Crippen molar-refractivity contribution in [3.8, 4) is 0 Å². The molecule has 2 aromatic rings. The number of hydrogen-bond acceptors (Lipinski definition) is 0. The number of fused-ring (bicyclic) bond motifs is 3. The standard InChI is InChI=1S/C27H29.2ClH.Zr/c1-2-19(11-13-21-15-14-20-7-3-4-8-22(20)21)12-16-25-23-9-5-6-10-24(23)26-17-18-27(25)26;;;/h3-10,14-15,21,25H,2,11-13,16-18H2,1H3;2*1H;/q;;;+2/p-2. The third-order valence-corrected chi connectivity index (χ3v) is 9.64. The molecule has 0 aliphatic heterocycles. The van der Waals surface area contributed by atoms with Gasteiger partial charge >= 0.3 is 186 Å². The quantitative estimate of drug-likeness (QED) is 0.528. The van der Waals surface area contributed by atoms with Crippen LogP contribution in [0.3, 0.4) is 0 Å². The fourth-order valence-electron chi connectivity index (χ4n) is 5.59. The second-order valence-electron chi connectivity index (χ2n) is 8.95. The maximum Gasteiger partial charge on any atom is -1.00 e. The Morgan fingerprint density at radius 1 is 0.900 bits per heavy atom. The van der Waals surface area contributed by atoms with E-state index in [-0.39, 0.29) is 24.8 Å². The zero-order chi connectivity index (χ0) is 19.1. The van der Waals surface area contributed by atoms with Crippen molar-refractivity contribution in [2.24, 2.45) is 0 Å². The van der Waals surface area contributed by atoms with Crippen molar-refractivity contribution >= 4 is 11.6 Å². The molecule has 0 saturated carbocycles. The summed E-state index contributed by atoms with van der Waals surface area (Å²) in [5, 5.41) is 0. The molecular formula is C27H29Cl2Zr. The molecule has 3 aliphatic rings. The molecular weight excluding hydrogens is 486 g/mol. The summed E-state index contributed by atoms with van der Waals surface area (Å²) in [6.45, 7) is 2.42. The van der Waals surface area contributed by atoms with Gasteiger partial charge < -0.3 is 24.8 Å². The van der Waals surface area contributed by atoms with Crippen molar-refractivity contribution in [2.75, 3.05) is 0 Å². The fraction of sp³-hybridized carbons (Fsp3) is 0.407.